The van der Waals surface area contributed by atoms with Crippen LogP contribution < -0.4 is 9.46 Å². The molecule has 2 aromatic carbocycles. The van der Waals surface area contributed by atoms with Crippen molar-refractivity contribution in [3.63, 3.8) is 0 Å². The quantitative estimate of drug-likeness (QED) is 0.489. The van der Waals surface area contributed by atoms with Crippen molar-refractivity contribution >= 4 is 21.4 Å². The van der Waals surface area contributed by atoms with Gasteiger partial charge in [0.2, 0.25) is 0 Å². The van der Waals surface area contributed by atoms with Crippen molar-refractivity contribution in [2.75, 3.05) is 11.3 Å². The summed E-state index contributed by atoms with van der Waals surface area (Å²) >= 11 is 0. The predicted molar refractivity (Wildman–Crippen MR) is 110 cm³/mol. The van der Waals surface area contributed by atoms with Crippen LogP contribution in [0.2, 0.25) is 0 Å². The molecule has 2 rings (SSSR count). The molecule has 2 aromatic rings. The number of nitro benzene ring substituents is 1. The van der Waals surface area contributed by atoms with Gasteiger partial charge < -0.3 is 4.74 Å². The highest BCUT2D eigenvalue weighted by atomic mass is 32.2. The van der Waals surface area contributed by atoms with Gasteiger partial charge in [0.05, 0.1) is 11.5 Å². The number of ether oxygens (including phenoxy) is 1. The Morgan fingerprint density at radius 3 is 2.07 bits per heavy atom. The molecule has 0 bridgehead atoms. The molecule has 7 nitrogen and oxygen atoms in total. The molecule has 0 saturated heterocycles. The lowest BCUT2D eigenvalue weighted by atomic mass is 9.93. The van der Waals surface area contributed by atoms with Crippen LogP contribution in [0.15, 0.2) is 41.3 Å². The number of anilines is 1. The lowest BCUT2D eigenvalue weighted by Gasteiger charge is -2.21. The number of rotatable bonds is 8. The normalized spacial score (nSPS) is 11.7. The van der Waals surface area contributed by atoms with E-state index in [0.29, 0.717) is 12.3 Å². The first-order valence-electron chi connectivity index (χ1n) is 9.15. The molecular formula is C20H26N2O5S. The Balaban J connectivity index is 2.58. The molecule has 0 unspecified atom stereocenters. The molecule has 0 spiro atoms. The van der Waals surface area contributed by atoms with Gasteiger partial charge in [0.1, 0.15) is 5.75 Å². The van der Waals surface area contributed by atoms with E-state index in [-0.39, 0.29) is 16.7 Å². The maximum atomic E-state index is 12.9. The van der Waals surface area contributed by atoms with Gasteiger partial charge >= 0.3 is 0 Å². The molecule has 0 radical (unpaired) electrons. The van der Waals surface area contributed by atoms with Crippen LogP contribution in [-0.4, -0.2) is 19.9 Å². The summed E-state index contributed by atoms with van der Waals surface area (Å²) in [4.78, 5) is 10.1. The van der Waals surface area contributed by atoms with Gasteiger partial charge in [-0.05, 0) is 48.1 Å². The topological polar surface area (TPSA) is 98.5 Å². The number of benzene rings is 2. The zero-order chi connectivity index (χ0) is 21.1. The van der Waals surface area contributed by atoms with Gasteiger partial charge in [0, 0.05) is 11.8 Å². The average Bonchev–Trinajstić information content (AvgIpc) is 2.62. The molecular weight excluding hydrogens is 380 g/mol. The van der Waals surface area contributed by atoms with E-state index in [2.05, 4.69) is 4.72 Å². The highest BCUT2D eigenvalue weighted by molar-refractivity contribution is 7.92. The lowest BCUT2D eigenvalue weighted by molar-refractivity contribution is -0.387. The third kappa shape index (κ3) is 4.62. The number of nitrogens with zero attached hydrogens (tertiary/aromatic N) is 1. The van der Waals surface area contributed by atoms with Gasteiger partial charge in [-0.15, -0.1) is 0 Å². The zero-order valence-corrected chi connectivity index (χ0v) is 17.5. The first-order chi connectivity index (χ1) is 13.1. The third-order valence-corrected chi connectivity index (χ3v) is 5.71. The van der Waals surface area contributed by atoms with E-state index in [1.165, 1.54) is 24.3 Å². The SMILES string of the molecule is CCOc1c(C(C)C)cc(NS(=O)(=O)c2ccccc2[N+](=O)[O-])cc1C(C)C. The minimum absolute atomic E-state index is 0.106. The van der Waals surface area contributed by atoms with Crippen LogP contribution in [0.1, 0.15) is 57.6 Å². The number of nitrogens with one attached hydrogen (secondary N) is 1. The van der Waals surface area contributed by atoms with E-state index in [9.17, 15) is 18.5 Å². The number of hydrogen-bond acceptors (Lipinski definition) is 5. The Bertz CT molecular complexity index is 939. The number of nitro groups is 1. The van der Waals surface area contributed by atoms with Crippen LogP contribution >= 0.6 is 0 Å². The van der Waals surface area contributed by atoms with Gasteiger partial charge in [0.25, 0.3) is 15.7 Å². The third-order valence-electron chi connectivity index (χ3n) is 4.28. The molecule has 152 valence electrons. The van der Waals surface area contributed by atoms with Gasteiger partial charge in [-0.3, -0.25) is 14.8 Å². The minimum Gasteiger partial charge on any atom is -0.493 e. The second-order valence-electron chi connectivity index (χ2n) is 7.06. The van der Waals surface area contributed by atoms with E-state index in [4.69, 9.17) is 4.74 Å². The Labute approximate surface area is 165 Å². The fraction of sp³-hybridized carbons (Fsp3) is 0.400. The molecule has 0 aliphatic heterocycles. The molecule has 0 fully saturated rings. The molecule has 8 heteroatoms. The van der Waals surface area contributed by atoms with Crippen LogP contribution in [0.25, 0.3) is 0 Å². The summed E-state index contributed by atoms with van der Waals surface area (Å²) in [5.41, 5.74) is 1.66. The van der Waals surface area contributed by atoms with Crippen LogP contribution in [0.3, 0.4) is 0 Å². The molecule has 0 heterocycles. The van der Waals surface area contributed by atoms with E-state index >= 15 is 0 Å². The molecule has 0 aromatic heterocycles. The van der Waals surface area contributed by atoms with Crippen molar-refractivity contribution in [3.05, 3.63) is 57.6 Å². The first kappa shape index (κ1) is 21.7. The van der Waals surface area contributed by atoms with Gasteiger partial charge in [-0.25, -0.2) is 8.42 Å². The molecule has 28 heavy (non-hydrogen) atoms. The average molecular weight is 407 g/mol. The number of para-hydroxylation sites is 1. The largest absolute Gasteiger partial charge is 0.493 e. The zero-order valence-electron chi connectivity index (χ0n) is 16.7. The summed E-state index contributed by atoms with van der Waals surface area (Å²) in [6, 6.07) is 8.75. The maximum absolute atomic E-state index is 12.9. The number of sulfonamides is 1. The Morgan fingerprint density at radius 1 is 1.07 bits per heavy atom. The monoisotopic (exact) mass is 406 g/mol. The maximum Gasteiger partial charge on any atom is 0.289 e. The minimum atomic E-state index is -4.13. The van der Waals surface area contributed by atoms with Crippen molar-refractivity contribution in [2.24, 2.45) is 0 Å². The summed E-state index contributed by atoms with van der Waals surface area (Å²) in [5, 5.41) is 11.2. The molecule has 0 saturated carbocycles. The summed E-state index contributed by atoms with van der Waals surface area (Å²) in [6.07, 6.45) is 0. The molecule has 0 aliphatic rings. The second-order valence-corrected chi connectivity index (χ2v) is 8.71. The van der Waals surface area contributed by atoms with Crippen LogP contribution in [0.5, 0.6) is 5.75 Å². The summed E-state index contributed by atoms with van der Waals surface area (Å²) in [7, 11) is -4.13. The molecule has 1 N–H and O–H groups in total. The van der Waals surface area contributed by atoms with Gasteiger partial charge in [-0.1, -0.05) is 39.8 Å². The van der Waals surface area contributed by atoms with Crippen LogP contribution in [0.4, 0.5) is 11.4 Å². The Kier molecular flexibility index (Phi) is 6.66. The smallest absolute Gasteiger partial charge is 0.289 e. The Hall–Kier alpha value is -2.61. The standard InChI is InChI=1S/C20H26N2O5S/c1-6-27-20-16(13(2)3)11-15(12-17(20)14(4)5)21-28(25,26)19-10-8-7-9-18(19)22(23)24/h7-14,21H,6H2,1-5H3. The highest BCUT2D eigenvalue weighted by Crippen LogP contribution is 2.38. The highest BCUT2D eigenvalue weighted by Gasteiger charge is 2.26. The molecule has 0 aliphatic carbocycles. The molecule has 0 amide bonds. The van der Waals surface area contributed by atoms with Crippen molar-refractivity contribution < 1.29 is 18.1 Å². The van der Waals surface area contributed by atoms with Crippen molar-refractivity contribution in [3.8, 4) is 5.75 Å². The fourth-order valence-corrected chi connectivity index (χ4v) is 4.16. The molecule has 0 atom stereocenters. The fourth-order valence-electron chi connectivity index (χ4n) is 2.95. The van der Waals surface area contributed by atoms with Crippen molar-refractivity contribution in [1.82, 2.24) is 0 Å². The summed E-state index contributed by atoms with van der Waals surface area (Å²) < 4.78 is 34.1. The van der Waals surface area contributed by atoms with Gasteiger partial charge in [0.15, 0.2) is 4.90 Å². The van der Waals surface area contributed by atoms with E-state index < -0.39 is 20.6 Å². The first-order valence-corrected chi connectivity index (χ1v) is 10.6. The van der Waals surface area contributed by atoms with Crippen LogP contribution in [0, 0.1) is 10.1 Å². The van der Waals surface area contributed by atoms with Crippen molar-refractivity contribution in [2.45, 2.75) is 51.3 Å². The summed E-state index contributed by atoms with van der Waals surface area (Å²) in [5.74, 6) is 0.977. The van der Waals surface area contributed by atoms with E-state index in [0.717, 1.165) is 16.9 Å². The predicted octanol–water partition coefficient (Wildman–Crippen LogP) is 5.04. The van der Waals surface area contributed by atoms with E-state index in [1.54, 1.807) is 12.1 Å². The number of hydrogen-bond donors (Lipinski definition) is 1. The van der Waals surface area contributed by atoms with Gasteiger partial charge in [-0.2, -0.15) is 0 Å². The Morgan fingerprint density at radius 2 is 1.61 bits per heavy atom. The lowest BCUT2D eigenvalue weighted by Crippen LogP contribution is -2.15. The summed E-state index contributed by atoms with van der Waals surface area (Å²) in [6.45, 7) is 10.4. The second kappa shape index (κ2) is 8.60. The van der Waals surface area contributed by atoms with Crippen LogP contribution in [-0.2, 0) is 10.0 Å². The van der Waals surface area contributed by atoms with Crippen molar-refractivity contribution in [1.29, 1.82) is 0 Å². The van der Waals surface area contributed by atoms with E-state index in [1.807, 2.05) is 34.6 Å².